The van der Waals surface area contributed by atoms with Crippen molar-refractivity contribution in [2.75, 3.05) is 18.0 Å². The van der Waals surface area contributed by atoms with Crippen LogP contribution in [0.4, 0.5) is 19.1 Å². The minimum Gasteiger partial charge on any atom is -0.467 e. The molecule has 158 valence electrons. The number of benzene rings is 1. The summed E-state index contributed by atoms with van der Waals surface area (Å²) in [7, 11) is 0. The van der Waals surface area contributed by atoms with E-state index in [1.54, 1.807) is 6.07 Å². The van der Waals surface area contributed by atoms with Crippen LogP contribution < -0.4 is 9.64 Å². The van der Waals surface area contributed by atoms with Gasteiger partial charge in [-0.3, -0.25) is 0 Å². The molecule has 1 saturated heterocycles. The van der Waals surface area contributed by atoms with Crippen LogP contribution in [0.3, 0.4) is 0 Å². The zero-order valence-corrected chi connectivity index (χ0v) is 16.3. The van der Waals surface area contributed by atoms with Crippen LogP contribution in [-0.4, -0.2) is 33.2 Å². The predicted octanol–water partition coefficient (Wildman–Crippen LogP) is 4.29. The van der Waals surface area contributed by atoms with Gasteiger partial charge in [-0.1, -0.05) is 24.2 Å². The number of rotatable bonds is 6. The Hall–Kier alpha value is -3.17. The van der Waals surface area contributed by atoms with Crippen molar-refractivity contribution in [1.82, 2.24) is 20.1 Å². The van der Waals surface area contributed by atoms with E-state index < -0.39 is 11.7 Å². The second-order valence-electron chi connectivity index (χ2n) is 6.92. The molecule has 1 fully saturated rings. The molecule has 4 rings (SSSR count). The average Bonchev–Trinajstić information content (AvgIpc) is 3.44. The van der Waals surface area contributed by atoms with Crippen LogP contribution >= 0.6 is 0 Å². The lowest BCUT2D eigenvalue weighted by Crippen LogP contribution is -2.21. The third-order valence-electron chi connectivity index (χ3n) is 4.75. The van der Waals surface area contributed by atoms with Crippen molar-refractivity contribution in [2.45, 2.75) is 39.0 Å². The van der Waals surface area contributed by atoms with Crippen LogP contribution in [-0.2, 0) is 19.2 Å². The minimum absolute atomic E-state index is 0.0500. The van der Waals surface area contributed by atoms with E-state index in [4.69, 9.17) is 9.26 Å². The van der Waals surface area contributed by atoms with Crippen LogP contribution in [0, 0.1) is 0 Å². The first-order valence-electron chi connectivity index (χ1n) is 9.68. The Morgan fingerprint density at radius 1 is 1.10 bits per heavy atom. The topological polar surface area (TPSA) is 77.2 Å². The molecule has 0 aliphatic carbocycles. The van der Waals surface area contributed by atoms with Crippen LogP contribution in [0.15, 0.2) is 34.9 Å². The zero-order valence-electron chi connectivity index (χ0n) is 16.3. The smallest absolute Gasteiger partial charge is 0.416 e. The molecular formula is C20H20F3N5O2. The SMILES string of the molecule is CCc1cc(OCc2nc(-c3cccc(C(F)(F)F)c3)no2)nc(N2CCCC2)n1. The second kappa shape index (κ2) is 8.29. The van der Waals surface area contributed by atoms with Gasteiger partial charge in [-0.15, -0.1) is 0 Å². The average molecular weight is 419 g/mol. The van der Waals surface area contributed by atoms with Crippen molar-refractivity contribution in [3.8, 4) is 17.3 Å². The van der Waals surface area contributed by atoms with Gasteiger partial charge in [0.15, 0.2) is 6.61 Å². The van der Waals surface area contributed by atoms with Crippen molar-refractivity contribution in [1.29, 1.82) is 0 Å². The van der Waals surface area contributed by atoms with E-state index in [1.165, 1.54) is 12.1 Å². The molecule has 0 atom stereocenters. The van der Waals surface area contributed by atoms with Gasteiger partial charge in [0.25, 0.3) is 5.89 Å². The number of halogens is 3. The molecule has 0 radical (unpaired) electrons. The molecule has 3 heterocycles. The van der Waals surface area contributed by atoms with Crippen LogP contribution in [0.1, 0.15) is 36.9 Å². The third-order valence-corrected chi connectivity index (χ3v) is 4.75. The van der Waals surface area contributed by atoms with Gasteiger partial charge in [0.1, 0.15) is 0 Å². The molecule has 7 nitrogen and oxygen atoms in total. The van der Waals surface area contributed by atoms with E-state index in [9.17, 15) is 13.2 Å². The molecular weight excluding hydrogens is 399 g/mol. The summed E-state index contributed by atoms with van der Waals surface area (Å²) in [5, 5.41) is 3.76. The number of hydrogen-bond acceptors (Lipinski definition) is 7. The lowest BCUT2D eigenvalue weighted by Gasteiger charge is -2.16. The van der Waals surface area contributed by atoms with Gasteiger partial charge in [-0.2, -0.15) is 23.1 Å². The van der Waals surface area contributed by atoms with Crippen molar-refractivity contribution in [3.05, 3.63) is 47.5 Å². The Morgan fingerprint density at radius 3 is 2.63 bits per heavy atom. The minimum atomic E-state index is -4.44. The number of ether oxygens (including phenoxy) is 1. The molecule has 30 heavy (non-hydrogen) atoms. The normalized spacial score (nSPS) is 14.3. The zero-order chi connectivity index (χ0) is 21.1. The highest BCUT2D eigenvalue weighted by Crippen LogP contribution is 2.31. The van der Waals surface area contributed by atoms with Gasteiger partial charge in [-0.25, -0.2) is 4.98 Å². The maximum absolute atomic E-state index is 12.9. The highest BCUT2D eigenvalue weighted by atomic mass is 19.4. The molecule has 0 saturated carbocycles. The quantitative estimate of drug-likeness (QED) is 0.590. The fraction of sp³-hybridized carbons (Fsp3) is 0.400. The van der Waals surface area contributed by atoms with Crippen molar-refractivity contribution in [3.63, 3.8) is 0 Å². The third kappa shape index (κ3) is 4.52. The first-order chi connectivity index (χ1) is 14.4. The summed E-state index contributed by atoms with van der Waals surface area (Å²) in [5.74, 6) is 1.23. The summed E-state index contributed by atoms with van der Waals surface area (Å²) in [4.78, 5) is 15.3. The molecule has 0 amide bonds. The summed E-state index contributed by atoms with van der Waals surface area (Å²) in [6.07, 6.45) is -1.49. The fourth-order valence-electron chi connectivity index (χ4n) is 3.17. The van der Waals surface area contributed by atoms with Gasteiger partial charge in [0.05, 0.1) is 5.56 Å². The number of alkyl halides is 3. The molecule has 1 aromatic carbocycles. The Bertz CT molecular complexity index is 1020. The van der Waals surface area contributed by atoms with Crippen LogP contribution in [0.25, 0.3) is 11.4 Å². The van der Waals surface area contributed by atoms with Gasteiger partial charge < -0.3 is 14.2 Å². The van der Waals surface area contributed by atoms with E-state index in [1.807, 2.05) is 6.92 Å². The van der Waals surface area contributed by atoms with Gasteiger partial charge in [0.2, 0.25) is 17.7 Å². The molecule has 0 N–H and O–H groups in total. The van der Waals surface area contributed by atoms with E-state index in [0.29, 0.717) is 11.8 Å². The number of aromatic nitrogens is 4. The van der Waals surface area contributed by atoms with E-state index in [2.05, 4.69) is 25.0 Å². The highest BCUT2D eigenvalue weighted by Gasteiger charge is 2.30. The molecule has 0 spiro atoms. The molecule has 0 bridgehead atoms. The molecule has 3 aromatic rings. The lowest BCUT2D eigenvalue weighted by atomic mass is 10.1. The maximum atomic E-state index is 12.9. The van der Waals surface area contributed by atoms with Crippen LogP contribution in [0.2, 0.25) is 0 Å². The summed E-state index contributed by atoms with van der Waals surface area (Å²) >= 11 is 0. The Kier molecular flexibility index (Phi) is 5.56. The Balaban J connectivity index is 1.48. The van der Waals surface area contributed by atoms with E-state index in [0.717, 1.165) is 50.2 Å². The molecule has 1 aliphatic heterocycles. The van der Waals surface area contributed by atoms with Crippen molar-refractivity contribution in [2.24, 2.45) is 0 Å². The van der Waals surface area contributed by atoms with Crippen molar-refractivity contribution < 1.29 is 22.4 Å². The van der Waals surface area contributed by atoms with E-state index in [-0.39, 0.29) is 23.9 Å². The first-order valence-corrected chi connectivity index (χ1v) is 9.68. The maximum Gasteiger partial charge on any atom is 0.416 e. The van der Waals surface area contributed by atoms with Crippen molar-refractivity contribution >= 4 is 5.95 Å². The summed E-state index contributed by atoms with van der Waals surface area (Å²) in [6.45, 7) is 3.78. The first kappa shape index (κ1) is 20.1. The Morgan fingerprint density at radius 2 is 1.90 bits per heavy atom. The highest BCUT2D eigenvalue weighted by molar-refractivity contribution is 5.55. The number of anilines is 1. The number of aryl methyl sites for hydroxylation is 1. The Labute approximate surface area is 170 Å². The van der Waals surface area contributed by atoms with Crippen LogP contribution in [0.5, 0.6) is 5.88 Å². The molecule has 0 unspecified atom stereocenters. The number of nitrogens with zero attached hydrogens (tertiary/aromatic N) is 5. The second-order valence-corrected chi connectivity index (χ2v) is 6.92. The van der Waals surface area contributed by atoms with E-state index >= 15 is 0 Å². The molecule has 2 aromatic heterocycles. The molecule has 1 aliphatic rings. The van der Waals surface area contributed by atoms with Gasteiger partial charge in [0, 0.05) is 30.4 Å². The molecule has 10 heteroatoms. The number of hydrogen-bond donors (Lipinski definition) is 0. The monoisotopic (exact) mass is 419 g/mol. The standard InChI is InChI=1S/C20H20F3N5O2/c1-2-15-11-16(26-19(24-15)28-8-3-4-9-28)29-12-17-25-18(27-30-17)13-6-5-7-14(10-13)20(21,22)23/h5-7,10-11H,2-4,8-9,12H2,1H3. The summed E-state index contributed by atoms with van der Waals surface area (Å²) in [6, 6.07) is 6.52. The lowest BCUT2D eigenvalue weighted by molar-refractivity contribution is -0.137. The van der Waals surface area contributed by atoms with Gasteiger partial charge >= 0.3 is 6.18 Å². The predicted molar refractivity (Wildman–Crippen MR) is 102 cm³/mol. The fourth-order valence-corrected chi connectivity index (χ4v) is 3.17. The largest absolute Gasteiger partial charge is 0.467 e. The summed E-state index contributed by atoms with van der Waals surface area (Å²) in [5.41, 5.74) is 0.300. The summed E-state index contributed by atoms with van der Waals surface area (Å²) < 4.78 is 49.6. The van der Waals surface area contributed by atoms with Gasteiger partial charge in [-0.05, 0) is 31.4 Å².